The quantitative estimate of drug-likeness (QED) is 0.881. The van der Waals surface area contributed by atoms with E-state index in [0.717, 1.165) is 9.35 Å². The normalized spacial score (nSPS) is 10.9. The van der Waals surface area contributed by atoms with Gasteiger partial charge < -0.3 is 9.88 Å². The number of thiophene rings is 1. The molecule has 1 amide bonds. The van der Waals surface area contributed by atoms with Crippen molar-refractivity contribution in [2.45, 2.75) is 19.5 Å². The SMILES string of the molecule is O=C(NCc1cc(Br)cs1)c1cccn1CC(F)F. The van der Waals surface area contributed by atoms with Crippen LogP contribution >= 0.6 is 27.3 Å². The number of alkyl halides is 2. The van der Waals surface area contributed by atoms with Crippen molar-refractivity contribution in [3.05, 3.63) is 44.8 Å². The van der Waals surface area contributed by atoms with Crippen LogP contribution in [0.15, 0.2) is 34.2 Å². The Kier molecular flexibility index (Phi) is 4.71. The molecule has 0 radical (unpaired) electrons. The van der Waals surface area contributed by atoms with E-state index in [2.05, 4.69) is 21.2 Å². The Morgan fingerprint density at radius 3 is 2.95 bits per heavy atom. The lowest BCUT2D eigenvalue weighted by atomic mass is 10.3. The predicted molar refractivity (Wildman–Crippen MR) is 73.6 cm³/mol. The largest absolute Gasteiger partial charge is 0.346 e. The molecule has 0 saturated carbocycles. The molecule has 0 aliphatic carbocycles. The predicted octanol–water partition coefficient (Wildman–Crippen LogP) is 3.51. The Morgan fingerprint density at radius 2 is 2.32 bits per heavy atom. The van der Waals surface area contributed by atoms with Crippen molar-refractivity contribution in [3.8, 4) is 0 Å². The number of hydrogen-bond acceptors (Lipinski definition) is 2. The molecule has 2 rings (SSSR count). The average Bonchev–Trinajstić information content (AvgIpc) is 2.94. The van der Waals surface area contributed by atoms with Crippen molar-refractivity contribution in [2.24, 2.45) is 0 Å². The summed E-state index contributed by atoms with van der Waals surface area (Å²) in [6.45, 7) is -0.0880. The van der Waals surface area contributed by atoms with Crippen LogP contribution in [0, 0.1) is 0 Å². The first-order chi connectivity index (χ1) is 9.06. The lowest BCUT2D eigenvalue weighted by molar-refractivity contribution is 0.0928. The van der Waals surface area contributed by atoms with Crippen molar-refractivity contribution < 1.29 is 13.6 Å². The van der Waals surface area contributed by atoms with E-state index in [1.54, 1.807) is 6.07 Å². The lowest BCUT2D eigenvalue weighted by Crippen LogP contribution is -2.25. The minimum Gasteiger partial charge on any atom is -0.346 e. The van der Waals surface area contributed by atoms with E-state index in [9.17, 15) is 13.6 Å². The molecule has 0 bridgehead atoms. The van der Waals surface area contributed by atoms with E-state index in [1.165, 1.54) is 28.2 Å². The van der Waals surface area contributed by atoms with Gasteiger partial charge in [0.25, 0.3) is 12.3 Å². The minimum atomic E-state index is -2.48. The number of hydrogen-bond donors (Lipinski definition) is 1. The third-order valence-electron chi connectivity index (χ3n) is 2.44. The van der Waals surface area contributed by atoms with Gasteiger partial charge in [0.15, 0.2) is 0 Å². The van der Waals surface area contributed by atoms with Gasteiger partial charge in [-0.3, -0.25) is 4.79 Å². The summed E-state index contributed by atoms with van der Waals surface area (Å²) >= 11 is 4.84. The summed E-state index contributed by atoms with van der Waals surface area (Å²) in [6.07, 6.45) is -1.00. The maximum absolute atomic E-state index is 12.3. The molecule has 7 heteroatoms. The van der Waals surface area contributed by atoms with Crippen molar-refractivity contribution in [1.29, 1.82) is 0 Å². The van der Waals surface area contributed by atoms with Crippen molar-refractivity contribution in [2.75, 3.05) is 0 Å². The Morgan fingerprint density at radius 1 is 1.53 bits per heavy atom. The molecule has 0 aromatic carbocycles. The molecule has 0 aliphatic rings. The van der Waals surface area contributed by atoms with Crippen LogP contribution in [0.2, 0.25) is 0 Å². The molecule has 2 heterocycles. The molecule has 2 aromatic rings. The smallest absolute Gasteiger partial charge is 0.268 e. The maximum atomic E-state index is 12.3. The number of carbonyl (C=O) groups excluding carboxylic acids is 1. The molecule has 0 atom stereocenters. The standard InChI is InChI=1S/C12H11BrF2N2OS/c13-8-4-9(19-7-8)5-16-12(18)10-2-1-3-17(10)6-11(14)15/h1-4,7,11H,5-6H2,(H,16,18). The highest BCUT2D eigenvalue weighted by Crippen LogP contribution is 2.19. The van der Waals surface area contributed by atoms with Gasteiger partial charge in [0, 0.05) is 20.9 Å². The summed E-state index contributed by atoms with van der Waals surface area (Å²) < 4.78 is 26.9. The van der Waals surface area contributed by atoms with E-state index in [1.807, 2.05) is 11.4 Å². The molecule has 19 heavy (non-hydrogen) atoms. The van der Waals surface area contributed by atoms with E-state index < -0.39 is 13.0 Å². The topological polar surface area (TPSA) is 34.0 Å². The highest BCUT2D eigenvalue weighted by atomic mass is 79.9. The van der Waals surface area contributed by atoms with Gasteiger partial charge in [-0.25, -0.2) is 8.78 Å². The van der Waals surface area contributed by atoms with E-state index in [0.29, 0.717) is 6.54 Å². The number of amides is 1. The number of rotatable bonds is 5. The van der Waals surface area contributed by atoms with Crippen LogP contribution in [0.5, 0.6) is 0 Å². The van der Waals surface area contributed by atoms with E-state index >= 15 is 0 Å². The lowest BCUT2D eigenvalue weighted by Gasteiger charge is -2.08. The Bertz CT molecular complexity index is 568. The van der Waals surface area contributed by atoms with E-state index in [-0.39, 0.29) is 11.6 Å². The molecule has 102 valence electrons. The molecular weight excluding hydrogens is 338 g/mol. The number of nitrogens with one attached hydrogen (secondary N) is 1. The fraction of sp³-hybridized carbons (Fsp3) is 0.250. The van der Waals surface area contributed by atoms with Gasteiger partial charge in [0.1, 0.15) is 5.69 Å². The summed E-state index contributed by atoms with van der Waals surface area (Å²) in [4.78, 5) is 12.9. The molecular formula is C12H11BrF2N2OS. The summed E-state index contributed by atoms with van der Waals surface area (Å²) in [5.74, 6) is -0.352. The van der Waals surface area contributed by atoms with Gasteiger partial charge in [-0.2, -0.15) is 0 Å². The van der Waals surface area contributed by atoms with Crippen LogP contribution in [0.25, 0.3) is 0 Å². The highest BCUT2D eigenvalue weighted by molar-refractivity contribution is 9.10. The Labute approximate surface area is 121 Å². The first-order valence-electron chi connectivity index (χ1n) is 5.50. The van der Waals surface area contributed by atoms with Gasteiger partial charge >= 0.3 is 0 Å². The van der Waals surface area contributed by atoms with Gasteiger partial charge in [0.2, 0.25) is 0 Å². The zero-order valence-corrected chi connectivity index (χ0v) is 12.2. The van der Waals surface area contributed by atoms with Crippen LogP contribution in [-0.2, 0) is 13.1 Å². The minimum absolute atomic E-state index is 0.246. The number of carbonyl (C=O) groups is 1. The van der Waals surface area contributed by atoms with Crippen molar-refractivity contribution >= 4 is 33.2 Å². The molecule has 0 aliphatic heterocycles. The van der Waals surface area contributed by atoms with Crippen LogP contribution in [0.3, 0.4) is 0 Å². The van der Waals surface area contributed by atoms with Crippen molar-refractivity contribution in [3.63, 3.8) is 0 Å². The second-order valence-electron chi connectivity index (χ2n) is 3.85. The van der Waals surface area contributed by atoms with Crippen LogP contribution in [0.1, 0.15) is 15.4 Å². The first kappa shape index (κ1) is 14.2. The molecule has 0 saturated heterocycles. The molecule has 0 unspecified atom stereocenters. The molecule has 2 aromatic heterocycles. The third kappa shape index (κ3) is 3.87. The van der Waals surface area contributed by atoms with Crippen LogP contribution < -0.4 is 5.32 Å². The zero-order chi connectivity index (χ0) is 13.8. The molecule has 1 N–H and O–H groups in total. The summed E-state index contributed by atoms with van der Waals surface area (Å²) in [7, 11) is 0. The maximum Gasteiger partial charge on any atom is 0.268 e. The van der Waals surface area contributed by atoms with Gasteiger partial charge in [-0.15, -0.1) is 11.3 Å². The highest BCUT2D eigenvalue weighted by Gasteiger charge is 2.13. The van der Waals surface area contributed by atoms with Crippen LogP contribution in [-0.4, -0.2) is 16.9 Å². The number of aromatic nitrogens is 1. The second kappa shape index (κ2) is 6.29. The Balaban J connectivity index is 1.98. The summed E-state index contributed by atoms with van der Waals surface area (Å²) in [6, 6.07) is 5.02. The van der Waals surface area contributed by atoms with Gasteiger partial charge in [-0.05, 0) is 34.1 Å². The zero-order valence-electron chi connectivity index (χ0n) is 9.78. The number of nitrogens with zero attached hydrogens (tertiary/aromatic N) is 1. The average molecular weight is 349 g/mol. The molecule has 0 spiro atoms. The van der Waals surface area contributed by atoms with Crippen LogP contribution in [0.4, 0.5) is 8.78 Å². The third-order valence-corrected chi connectivity index (χ3v) is 4.14. The monoisotopic (exact) mass is 348 g/mol. The summed E-state index contributed by atoms with van der Waals surface area (Å²) in [5, 5.41) is 4.63. The van der Waals surface area contributed by atoms with Crippen molar-refractivity contribution in [1.82, 2.24) is 9.88 Å². The Hall–Kier alpha value is -1.21. The fourth-order valence-electron chi connectivity index (χ4n) is 1.63. The number of halogens is 3. The second-order valence-corrected chi connectivity index (χ2v) is 5.76. The van der Waals surface area contributed by atoms with Gasteiger partial charge in [-0.1, -0.05) is 0 Å². The molecule has 0 fully saturated rings. The fourth-order valence-corrected chi connectivity index (χ4v) is 3.02. The molecule has 3 nitrogen and oxygen atoms in total. The summed E-state index contributed by atoms with van der Waals surface area (Å²) in [5.41, 5.74) is 0.246. The first-order valence-corrected chi connectivity index (χ1v) is 7.18. The van der Waals surface area contributed by atoms with Gasteiger partial charge in [0.05, 0.1) is 13.1 Å². The van der Waals surface area contributed by atoms with E-state index in [4.69, 9.17) is 0 Å².